The van der Waals surface area contributed by atoms with Crippen LogP contribution < -0.4 is 0 Å². The van der Waals surface area contributed by atoms with E-state index in [1.54, 1.807) is 41.5 Å². The molecular formula is C18H16F2N2S2. The number of aromatic nitrogens is 2. The quantitative estimate of drug-likeness (QED) is 0.409. The van der Waals surface area contributed by atoms with Crippen LogP contribution >= 0.6 is 23.1 Å². The van der Waals surface area contributed by atoms with Crippen LogP contribution in [-0.2, 0) is 0 Å². The fourth-order valence-corrected chi connectivity index (χ4v) is 4.11. The summed E-state index contributed by atoms with van der Waals surface area (Å²) < 4.78 is 27.4. The molecule has 0 aliphatic carbocycles. The zero-order valence-electron chi connectivity index (χ0n) is 12.9. The maximum Gasteiger partial charge on any atom is 0.174 e. The minimum Gasteiger partial charge on any atom is -0.207 e. The summed E-state index contributed by atoms with van der Waals surface area (Å²) in [5.41, 5.74) is 3.81. The lowest BCUT2D eigenvalue weighted by atomic mass is 9.88. The minimum atomic E-state index is -0.247. The molecule has 24 heavy (non-hydrogen) atoms. The van der Waals surface area contributed by atoms with Gasteiger partial charge in [-0.3, -0.25) is 0 Å². The van der Waals surface area contributed by atoms with Crippen LogP contribution in [0.5, 0.6) is 0 Å². The zero-order chi connectivity index (χ0) is 16.8. The first-order chi connectivity index (χ1) is 11.7. The maximum atomic E-state index is 13.2. The van der Waals surface area contributed by atoms with Crippen LogP contribution in [0.15, 0.2) is 58.4 Å². The van der Waals surface area contributed by atoms with E-state index in [0.717, 1.165) is 34.1 Å². The normalized spacial score (nSPS) is 11.1. The van der Waals surface area contributed by atoms with Crippen LogP contribution in [0.3, 0.4) is 0 Å². The van der Waals surface area contributed by atoms with E-state index in [-0.39, 0.29) is 17.6 Å². The van der Waals surface area contributed by atoms with Crippen molar-refractivity contribution >= 4 is 23.1 Å². The van der Waals surface area contributed by atoms with Gasteiger partial charge in [0.1, 0.15) is 17.1 Å². The van der Waals surface area contributed by atoms with Gasteiger partial charge in [-0.2, -0.15) is 0 Å². The van der Waals surface area contributed by atoms with E-state index in [4.69, 9.17) is 0 Å². The van der Waals surface area contributed by atoms with Crippen molar-refractivity contribution in [2.45, 2.75) is 23.1 Å². The molecule has 0 saturated carbocycles. The molecule has 3 rings (SSSR count). The van der Waals surface area contributed by atoms with Gasteiger partial charge >= 0.3 is 0 Å². The molecule has 1 aromatic heterocycles. The van der Waals surface area contributed by atoms with Crippen molar-refractivity contribution in [2.24, 2.45) is 0 Å². The van der Waals surface area contributed by atoms with Crippen molar-refractivity contribution in [3.63, 3.8) is 0 Å². The number of halogens is 2. The summed E-state index contributed by atoms with van der Waals surface area (Å²) in [4.78, 5) is 0. The largest absolute Gasteiger partial charge is 0.207 e. The molecule has 0 amide bonds. The van der Waals surface area contributed by atoms with Crippen LogP contribution in [0, 0.1) is 11.6 Å². The minimum absolute atomic E-state index is 0.126. The average Bonchev–Trinajstić information content (AvgIpc) is 3.11. The predicted molar refractivity (Wildman–Crippen MR) is 94.5 cm³/mol. The van der Waals surface area contributed by atoms with Crippen molar-refractivity contribution in [1.82, 2.24) is 10.2 Å². The van der Waals surface area contributed by atoms with Crippen molar-refractivity contribution in [3.05, 3.63) is 76.8 Å². The van der Waals surface area contributed by atoms with E-state index >= 15 is 0 Å². The number of hydrogen-bond donors (Lipinski definition) is 0. The topological polar surface area (TPSA) is 25.8 Å². The van der Waals surface area contributed by atoms with Gasteiger partial charge in [-0.15, -0.1) is 10.2 Å². The third-order valence-electron chi connectivity index (χ3n) is 3.75. The van der Waals surface area contributed by atoms with Gasteiger partial charge in [-0.05, 0) is 48.2 Å². The number of rotatable bonds is 7. The summed E-state index contributed by atoms with van der Waals surface area (Å²) >= 11 is 3.22. The summed E-state index contributed by atoms with van der Waals surface area (Å²) in [6.07, 6.45) is 1.88. The fourth-order valence-electron chi connectivity index (χ4n) is 2.59. The van der Waals surface area contributed by atoms with Crippen LogP contribution in [0.2, 0.25) is 0 Å². The van der Waals surface area contributed by atoms with Gasteiger partial charge in [0.2, 0.25) is 0 Å². The lowest BCUT2D eigenvalue weighted by Gasteiger charge is -2.18. The highest BCUT2D eigenvalue weighted by Crippen LogP contribution is 2.31. The van der Waals surface area contributed by atoms with Gasteiger partial charge in [-0.25, -0.2) is 8.78 Å². The zero-order valence-corrected chi connectivity index (χ0v) is 14.5. The first kappa shape index (κ1) is 17.0. The molecule has 2 nitrogen and oxygen atoms in total. The van der Waals surface area contributed by atoms with E-state index < -0.39 is 0 Å². The molecule has 0 saturated heterocycles. The maximum absolute atomic E-state index is 13.2. The Morgan fingerprint density at radius 1 is 0.917 bits per heavy atom. The second-order valence-electron chi connectivity index (χ2n) is 5.35. The van der Waals surface area contributed by atoms with Crippen LogP contribution in [0.1, 0.15) is 29.9 Å². The Hall–Kier alpha value is -1.79. The number of nitrogens with zero attached hydrogens (tertiary/aromatic N) is 2. The van der Waals surface area contributed by atoms with Gasteiger partial charge in [0.15, 0.2) is 4.34 Å². The second-order valence-corrected chi connectivity index (χ2v) is 7.53. The molecule has 0 unspecified atom stereocenters. The molecule has 124 valence electrons. The van der Waals surface area contributed by atoms with Gasteiger partial charge in [0.05, 0.1) is 0 Å². The monoisotopic (exact) mass is 362 g/mol. The summed E-state index contributed by atoms with van der Waals surface area (Å²) in [6.45, 7) is 0. The van der Waals surface area contributed by atoms with E-state index in [1.807, 2.05) is 0 Å². The summed E-state index contributed by atoms with van der Waals surface area (Å²) in [5, 5.41) is 7.84. The lowest BCUT2D eigenvalue weighted by Crippen LogP contribution is -2.02. The number of thioether (sulfide) groups is 1. The van der Waals surface area contributed by atoms with E-state index in [2.05, 4.69) is 10.2 Å². The molecule has 0 atom stereocenters. The number of benzene rings is 2. The highest BCUT2D eigenvalue weighted by atomic mass is 32.2. The van der Waals surface area contributed by atoms with Crippen molar-refractivity contribution in [2.75, 3.05) is 5.75 Å². The molecule has 3 aromatic rings. The summed E-state index contributed by atoms with van der Waals surface area (Å²) in [6, 6.07) is 13.1. The second kappa shape index (κ2) is 8.35. The fraction of sp³-hybridized carbons (Fsp3) is 0.222. The SMILES string of the molecule is Fc1ccc(C(CCCSc2nncs2)c2ccc(F)cc2)cc1. The number of hydrogen-bond acceptors (Lipinski definition) is 4. The molecule has 0 N–H and O–H groups in total. The van der Waals surface area contributed by atoms with Gasteiger partial charge < -0.3 is 0 Å². The van der Waals surface area contributed by atoms with Gasteiger partial charge in [0.25, 0.3) is 0 Å². The Morgan fingerprint density at radius 2 is 1.50 bits per heavy atom. The average molecular weight is 362 g/mol. The Morgan fingerprint density at radius 3 is 2.00 bits per heavy atom. The van der Waals surface area contributed by atoms with Crippen LogP contribution in [0.25, 0.3) is 0 Å². The first-order valence-corrected chi connectivity index (χ1v) is 9.49. The third-order valence-corrected chi connectivity index (χ3v) is 5.69. The smallest absolute Gasteiger partial charge is 0.174 e. The van der Waals surface area contributed by atoms with Gasteiger partial charge in [0, 0.05) is 11.7 Å². The Kier molecular flexibility index (Phi) is 5.93. The first-order valence-electron chi connectivity index (χ1n) is 7.62. The molecular weight excluding hydrogens is 346 g/mol. The lowest BCUT2D eigenvalue weighted by molar-refractivity contribution is 0.621. The van der Waals surface area contributed by atoms with Crippen molar-refractivity contribution < 1.29 is 8.78 Å². The molecule has 0 fully saturated rings. The highest BCUT2D eigenvalue weighted by molar-refractivity contribution is 8.00. The van der Waals surface area contributed by atoms with E-state index in [0.29, 0.717) is 0 Å². The molecule has 6 heteroatoms. The van der Waals surface area contributed by atoms with Gasteiger partial charge in [-0.1, -0.05) is 47.4 Å². The predicted octanol–water partition coefficient (Wildman–Crippen LogP) is 5.52. The molecule has 2 aromatic carbocycles. The van der Waals surface area contributed by atoms with Crippen molar-refractivity contribution in [1.29, 1.82) is 0 Å². The molecule has 0 radical (unpaired) electrons. The standard InChI is InChI=1S/C18H16F2N2S2/c19-15-7-3-13(4-8-15)17(14-5-9-16(20)10-6-14)2-1-11-23-18-22-21-12-24-18/h3-10,12,17H,1-2,11H2. The van der Waals surface area contributed by atoms with E-state index in [1.165, 1.54) is 35.6 Å². The van der Waals surface area contributed by atoms with Crippen LogP contribution in [-0.4, -0.2) is 16.0 Å². The molecule has 0 aliphatic heterocycles. The van der Waals surface area contributed by atoms with Crippen molar-refractivity contribution in [3.8, 4) is 0 Å². The summed E-state index contributed by atoms with van der Waals surface area (Å²) in [7, 11) is 0. The Labute approximate surface area is 148 Å². The summed E-state index contributed by atoms with van der Waals surface area (Å²) in [5.74, 6) is 0.571. The molecule has 0 bridgehead atoms. The Balaban J connectivity index is 1.69. The molecule has 1 heterocycles. The Bertz CT molecular complexity index is 698. The highest BCUT2D eigenvalue weighted by Gasteiger charge is 2.14. The molecule has 0 spiro atoms. The van der Waals surface area contributed by atoms with Crippen LogP contribution in [0.4, 0.5) is 8.78 Å². The van der Waals surface area contributed by atoms with E-state index in [9.17, 15) is 8.78 Å². The third kappa shape index (κ3) is 4.61. The molecule has 0 aliphatic rings.